The normalized spacial score (nSPS) is 8.75. The molecular formula is C5HBrO5Re. The topological polar surface area (TPSA) is 85.3 Å². The van der Waals surface area contributed by atoms with E-state index in [0.717, 1.165) is 21.8 Å². The number of hydrogen-bond donors (Lipinski definition) is 0. The van der Waals surface area contributed by atoms with Gasteiger partial charge in [-0.3, -0.25) is 0 Å². The van der Waals surface area contributed by atoms with Gasteiger partial charge in [-0.1, -0.05) is 0 Å². The van der Waals surface area contributed by atoms with E-state index in [1.165, 1.54) is 0 Å². The average molecular weight is 407 g/mol. The molecule has 7 heteroatoms. The molecule has 0 unspecified atom stereocenters. The summed E-state index contributed by atoms with van der Waals surface area (Å²) < 4.78 is 3.93. The van der Waals surface area contributed by atoms with Crippen molar-refractivity contribution in [3.63, 3.8) is 0 Å². The zero-order chi connectivity index (χ0) is 8.98. The van der Waals surface area contributed by atoms with Crippen LogP contribution in [-0.2, 0) is 36.0 Å². The SMILES string of the molecule is Br.O=[C]=[Re](=[C]=O)(=[C]=O)(=[C]=O)=[C]=O. The summed E-state index contributed by atoms with van der Waals surface area (Å²) in [5.41, 5.74) is 0. The fourth-order valence-corrected chi connectivity index (χ4v) is 1.29. The fourth-order valence-electron chi connectivity index (χ4n) is 0.157. The Morgan fingerprint density at radius 1 is 0.583 bits per heavy atom. The average Bonchev–Trinajstić information content (AvgIpc) is 2.12. The summed E-state index contributed by atoms with van der Waals surface area (Å²) in [5, 5.41) is 0. The van der Waals surface area contributed by atoms with E-state index < -0.39 is 12.0 Å². The number of carbonyl (C=O) groups excluding carboxylic acids is 5. The maximum absolute atomic E-state index is 9.99. The Morgan fingerprint density at radius 3 is 0.750 bits per heavy atom. The van der Waals surface area contributed by atoms with Crippen molar-refractivity contribution < 1.29 is 36.0 Å². The van der Waals surface area contributed by atoms with Crippen molar-refractivity contribution in [3.05, 3.63) is 0 Å². The van der Waals surface area contributed by atoms with Crippen molar-refractivity contribution in [2.45, 2.75) is 0 Å². The molecule has 0 N–H and O–H groups in total. The van der Waals surface area contributed by atoms with Crippen molar-refractivity contribution in [2.24, 2.45) is 0 Å². The third-order valence-corrected chi connectivity index (χ3v) is 6.32. The molecule has 0 radical (unpaired) electrons. The van der Waals surface area contributed by atoms with Gasteiger partial charge >= 0.3 is 57.8 Å². The van der Waals surface area contributed by atoms with Crippen LogP contribution in [0.2, 0.25) is 0 Å². The third kappa shape index (κ3) is 1.61. The van der Waals surface area contributed by atoms with Crippen LogP contribution < -0.4 is 0 Å². The van der Waals surface area contributed by atoms with Gasteiger partial charge in [-0.05, 0) is 0 Å². The van der Waals surface area contributed by atoms with Crippen LogP contribution >= 0.6 is 17.0 Å². The van der Waals surface area contributed by atoms with Gasteiger partial charge in [0.2, 0.25) is 0 Å². The summed E-state index contributed by atoms with van der Waals surface area (Å²) in [6, 6.07) is 0. The van der Waals surface area contributed by atoms with Crippen molar-refractivity contribution in [2.75, 3.05) is 0 Å². The molecule has 0 aliphatic rings. The molecule has 0 aliphatic heterocycles. The second kappa shape index (κ2) is 4.16. The number of hydrogen-bond acceptors (Lipinski definition) is 5. The van der Waals surface area contributed by atoms with E-state index in [9.17, 15) is 24.0 Å². The zero-order valence-electron chi connectivity index (χ0n) is 5.33. The van der Waals surface area contributed by atoms with Gasteiger partial charge < -0.3 is 0 Å². The predicted octanol–water partition coefficient (Wildman–Crippen LogP) is -1.41. The maximum atomic E-state index is 9.99. The molecule has 0 aromatic rings. The second-order valence-corrected chi connectivity index (χ2v) is 10.9. The van der Waals surface area contributed by atoms with Gasteiger partial charge in [-0.2, -0.15) is 0 Å². The summed E-state index contributed by atoms with van der Waals surface area (Å²) in [5.74, 6) is 0. The molecular weight excluding hydrogens is 406 g/mol. The van der Waals surface area contributed by atoms with Gasteiger partial charge in [0.05, 0.1) is 0 Å². The van der Waals surface area contributed by atoms with Crippen LogP contribution in [0.1, 0.15) is 0 Å². The standard InChI is InChI=1S/5CO.BrH.Re/c5*1-2;;/h;;;;;1H;. The molecule has 0 aliphatic carbocycles. The predicted molar refractivity (Wildman–Crippen MR) is 38.8 cm³/mol. The molecule has 0 aromatic heterocycles. The van der Waals surface area contributed by atoms with E-state index in [-0.39, 0.29) is 17.0 Å². The first-order chi connectivity index (χ1) is 5.12. The van der Waals surface area contributed by atoms with Crippen molar-refractivity contribution >= 4 is 38.7 Å². The minimum atomic E-state index is -6.02. The van der Waals surface area contributed by atoms with E-state index in [0.29, 0.717) is 0 Å². The van der Waals surface area contributed by atoms with Crippen LogP contribution in [-0.4, -0.2) is 21.8 Å². The first kappa shape index (κ1) is 13.6. The summed E-state index contributed by atoms with van der Waals surface area (Å²) in [6.07, 6.45) is 0. The molecule has 12 heavy (non-hydrogen) atoms. The molecule has 0 atom stereocenters. The minimum absolute atomic E-state index is 0. The Labute approximate surface area is 74.7 Å². The molecule has 0 heterocycles. The second-order valence-electron chi connectivity index (χ2n) is 1.33. The molecule has 0 saturated carbocycles. The Kier molecular flexibility index (Phi) is 4.73. The Morgan fingerprint density at radius 2 is 0.750 bits per heavy atom. The van der Waals surface area contributed by atoms with E-state index in [1.54, 1.807) is 0 Å². The van der Waals surface area contributed by atoms with E-state index >= 15 is 0 Å². The summed E-state index contributed by atoms with van der Waals surface area (Å²) >= 11 is -6.02. The van der Waals surface area contributed by atoms with E-state index in [4.69, 9.17) is 0 Å². The van der Waals surface area contributed by atoms with Gasteiger partial charge in [0.1, 0.15) is 0 Å². The zero-order valence-corrected chi connectivity index (χ0v) is 9.76. The van der Waals surface area contributed by atoms with Gasteiger partial charge in [0.15, 0.2) is 0 Å². The van der Waals surface area contributed by atoms with E-state index in [1.807, 2.05) is 0 Å². The fraction of sp³-hybridized carbons (Fsp3) is 0. The quantitative estimate of drug-likeness (QED) is 0.493. The molecule has 0 rings (SSSR count). The van der Waals surface area contributed by atoms with Crippen LogP contribution in [0.4, 0.5) is 0 Å². The Balaban J connectivity index is 0. The Bertz CT molecular complexity index is 555. The van der Waals surface area contributed by atoms with Gasteiger partial charge in [-0.25, -0.2) is 0 Å². The first-order valence-electron chi connectivity index (χ1n) is 1.97. The third-order valence-electron chi connectivity index (χ3n) is 0.772. The summed E-state index contributed by atoms with van der Waals surface area (Å²) in [6.45, 7) is 0. The van der Waals surface area contributed by atoms with Crippen LogP contribution in [0.25, 0.3) is 0 Å². The molecule has 5 nitrogen and oxygen atoms in total. The van der Waals surface area contributed by atoms with Gasteiger partial charge in [0.25, 0.3) is 0 Å². The molecule has 65 valence electrons. The molecule has 0 fully saturated rings. The summed E-state index contributed by atoms with van der Waals surface area (Å²) in [4.78, 5) is 49.9. The van der Waals surface area contributed by atoms with Crippen LogP contribution in [0.5, 0.6) is 0 Å². The van der Waals surface area contributed by atoms with Crippen molar-refractivity contribution in [1.29, 1.82) is 0 Å². The molecule has 0 saturated heterocycles. The van der Waals surface area contributed by atoms with E-state index in [2.05, 4.69) is 0 Å². The molecule has 0 aromatic carbocycles. The van der Waals surface area contributed by atoms with Crippen LogP contribution in [0.15, 0.2) is 0 Å². The monoisotopic (exact) mass is 407 g/mol. The van der Waals surface area contributed by atoms with Gasteiger partial charge in [0, 0.05) is 0 Å². The number of rotatable bonds is 0. The summed E-state index contributed by atoms with van der Waals surface area (Å²) in [7, 11) is 0. The van der Waals surface area contributed by atoms with Crippen LogP contribution in [0.3, 0.4) is 0 Å². The molecule has 0 spiro atoms. The van der Waals surface area contributed by atoms with Crippen molar-refractivity contribution in [3.8, 4) is 0 Å². The number of halogens is 1. The molecule has 0 amide bonds. The first-order valence-corrected chi connectivity index (χ1v) is 8.76. The van der Waals surface area contributed by atoms with Crippen LogP contribution in [0, 0.1) is 0 Å². The molecule has 0 bridgehead atoms. The van der Waals surface area contributed by atoms with Gasteiger partial charge in [-0.15, -0.1) is 17.0 Å². The Hall–Kier alpha value is -0.958. The van der Waals surface area contributed by atoms with Crippen molar-refractivity contribution in [1.82, 2.24) is 0 Å².